The summed E-state index contributed by atoms with van der Waals surface area (Å²) < 4.78 is 55.5. The van der Waals surface area contributed by atoms with Gasteiger partial charge in [-0.1, -0.05) is 18.2 Å². The van der Waals surface area contributed by atoms with E-state index in [1.807, 2.05) is 0 Å². The number of piperazine rings is 1. The molecule has 35 heavy (non-hydrogen) atoms. The molecule has 1 fully saturated rings. The summed E-state index contributed by atoms with van der Waals surface area (Å²) in [7, 11) is 4.49. The molecule has 0 aliphatic carbocycles. The quantitative estimate of drug-likeness (QED) is 0.607. The number of nitrogens with zero attached hydrogens (tertiary/aromatic N) is 2. The Labute approximate surface area is 201 Å². The highest BCUT2D eigenvalue weighted by Gasteiger charge is 2.33. The zero-order valence-corrected chi connectivity index (χ0v) is 19.8. The van der Waals surface area contributed by atoms with Gasteiger partial charge in [0.1, 0.15) is 0 Å². The summed E-state index contributed by atoms with van der Waals surface area (Å²) in [6.45, 7) is 1.55. The van der Waals surface area contributed by atoms with Gasteiger partial charge < -0.3 is 24.4 Å². The van der Waals surface area contributed by atoms with Crippen LogP contribution in [0.5, 0.6) is 17.2 Å². The van der Waals surface area contributed by atoms with E-state index >= 15 is 0 Å². The lowest BCUT2D eigenvalue weighted by Gasteiger charge is -2.34. The number of para-hydroxylation sites is 1. The molecule has 0 aromatic heterocycles. The van der Waals surface area contributed by atoms with Gasteiger partial charge in [-0.2, -0.15) is 13.2 Å². The second-order valence-corrected chi connectivity index (χ2v) is 7.92. The number of ether oxygens (including phenoxy) is 3. The van der Waals surface area contributed by atoms with Crippen molar-refractivity contribution in [3.8, 4) is 17.2 Å². The maximum Gasteiger partial charge on any atom is 0.418 e. The maximum atomic E-state index is 13.1. The Kier molecular flexibility index (Phi) is 8.44. The van der Waals surface area contributed by atoms with Crippen LogP contribution in [-0.2, 0) is 22.2 Å². The van der Waals surface area contributed by atoms with Gasteiger partial charge in [0.15, 0.2) is 11.5 Å². The van der Waals surface area contributed by atoms with Crippen LogP contribution < -0.4 is 19.5 Å². The fraction of sp³-hybridized carbons (Fsp3) is 0.417. The molecule has 2 aromatic rings. The van der Waals surface area contributed by atoms with Crippen LogP contribution in [0.15, 0.2) is 36.4 Å². The largest absolute Gasteiger partial charge is 0.493 e. The number of carbonyl (C=O) groups is 2. The predicted molar refractivity (Wildman–Crippen MR) is 123 cm³/mol. The Balaban J connectivity index is 1.55. The van der Waals surface area contributed by atoms with E-state index in [0.29, 0.717) is 49.0 Å². The molecule has 11 heteroatoms. The first kappa shape index (κ1) is 26.1. The number of benzene rings is 2. The van der Waals surface area contributed by atoms with Crippen molar-refractivity contribution in [2.75, 3.05) is 59.4 Å². The Morgan fingerprint density at radius 2 is 1.57 bits per heavy atom. The third-order valence-electron chi connectivity index (χ3n) is 5.73. The van der Waals surface area contributed by atoms with Crippen molar-refractivity contribution in [3.05, 3.63) is 47.5 Å². The van der Waals surface area contributed by atoms with E-state index in [4.69, 9.17) is 14.2 Å². The number of amides is 2. The number of carbonyl (C=O) groups excluding carboxylic acids is 2. The van der Waals surface area contributed by atoms with Gasteiger partial charge in [-0.25, -0.2) is 0 Å². The number of hydrogen-bond donors (Lipinski definition) is 1. The molecule has 190 valence electrons. The van der Waals surface area contributed by atoms with Gasteiger partial charge in [-0.05, 0) is 18.2 Å². The Morgan fingerprint density at radius 3 is 2.17 bits per heavy atom. The molecule has 0 saturated carbocycles. The topological polar surface area (TPSA) is 80.3 Å². The molecule has 1 heterocycles. The van der Waals surface area contributed by atoms with Crippen LogP contribution in [0.4, 0.5) is 18.9 Å². The van der Waals surface area contributed by atoms with Crippen LogP contribution in [0.25, 0.3) is 0 Å². The zero-order chi connectivity index (χ0) is 25.6. The van der Waals surface area contributed by atoms with Gasteiger partial charge in [0.05, 0.1) is 45.5 Å². The smallest absolute Gasteiger partial charge is 0.418 e. The molecular formula is C24H28F3N3O5. The minimum Gasteiger partial charge on any atom is -0.493 e. The third-order valence-corrected chi connectivity index (χ3v) is 5.73. The average molecular weight is 495 g/mol. The SMILES string of the molecule is COc1ccc(CC(=O)N2CCN(CC(=O)Nc3ccccc3C(F)(F)F)CC2)c(OC)c1OC. The van der Waals surface area contributed by atoms with Gasteiger partial charge in [-0.15, -0.1) is 0 Å². The van der Waals surface area contributed by atoms with Gasteiger partial charge in [0.25, 0.3) is 0 Å². The molecule has 1 saturated heterocycles. The standard InChI is InChI=1S/C24H28F3N3O5/c1-33-19-9-8-16(22(34-2)23(19)35-3)14-21(32)30-12-10-29(11-13-30)15-20(31)28-18-7-5-4-6-17(18)24(25,26)27/h4-9H,10-15H2,1-3H3,(H,28,31). The summed E-state index contributed by atoms with van der Waals surface area (Å²) in [4.78, 5) is 28.7. The number of nitrogens with one attached hydrogen (secondary N) is 1. The third kappa shape index (κ3) is 6.36. The van der Waals surface area contributed by atoms with Crippen molar-refractivity contribution < 1.29 is 37.0 Å². The van der Waals surface area contributed by atoms with E-state index in [1.165, 1.54) is 39.5 Å². The molecule has 1 aliphatic rings. The van der Waals surface area contributed by atoms with E-state index in [1.54, 1.807) is 21.9 Å². The number of hydrogen-bond acceptors (Lipinski definition) is 6. The number of rotatable bonds is 8. The number of halogens is 3. The number of anilines is 1. The minimum atomic E-state index is -4.56. The van der Waals surface area contributed by atoms with Gasteiger partial charge >= 0.3 is 6.18 Å². The average Bonchev–Trinajstić information content (AvgIpc) is 2.83. The lowest BCUT2D eigenvalue weighted by molar-refractivity contribution is -0.137. The Morgan fingerprint density at radius 1 is 0.914 bits per heavy atom. The zero-order valence-electron chi connectivity index (χ0n) is 19.8. The van der Waals surface area contributed by atoms with Crippen LogP contribution in [-0.4, -0.2) is 75.7 Å². The lowest BCUT2D eigenvalue weighted by Crippen LogP contribution is -2.50. The van der Waals surface area contributed by atoms with E-state index in [0.717, 1.165) is 6.07 Å². The summed E-state index contributed by atoms with van der Waals surface area (Å²) in [6, 6.07) is 8.30. The molecule has 0 spiro atoms. The van der Waals surface area contributed by atoms with Crippen LogP contribution in [0.3, 0.4) is 0 Å². The summed E-state index contributed by atoms with van der Waals surface area (Å²) in [5, 5.41) is 2.35. The van der Waals surface area contributed by atoms with Crippen LogP contribution in [0.1, 0.15) is 11.1 Å². The van der Waals surface area contributed by atoms with Crippen molar-refractivity contribution in [3.63, 3.8) is 0 Å². The summed E-state index contributed by atoms with van der Waals surface area (Å²) in [5.41, 5.74) is -0.516. The highest BCUT2D eigenvalue weighted by molar-refractivity contribution is 5.93. The molecule has 0 unspecified atom stereocenters. The van der Waals surface area contributed by atoms with Crippen molar-refractivity contribution in [2.24, 2.45) is 0 Å². The lowest BCUT2D eigenvalue weighted by atomic mass is 10.1. The minimum absolute atomic E-state index is 0.0717. The van der Waals surface area contributed by atoms with Crippen LogP contribution >= 0.6 is 0 Å². The van der Waals surface area contributed by atoms with Crippen molar-refractivity contribution in [1.29, 1.82) is 0 Å². The first-order valence-corrected chi connectivity index (χ1v) is 10.9. The Hall–Kier alpha value is -3.47. The second-order valence-electron chi connectivity index (χ2n) is 7.92. The van der Waals surface area contributed by atoms with Crippen molar-refractivity contribution >= 4 is 17.5 Å². The van der Waals surface area contributed by atoms with E-state index in [9.17, 15) is 22.8 Å². The van der Waals surface area contributed by atoms with Crippen LogP contribution in [0.2, 0.25) is 0 Å². The van der Waals surface area contributed by atoms with E-state index in [-0.39, 0.29) is 24.6 Å². The van der Waals surface area contributed by atoms with Gasteiger partial charge in [-0.3, -0.25) is 14.5 Å². The highest BCUT2D eigenvalue weighted by atomic mass is 19.4. The maximum absolute atomic E-state index is 13.1. The number of alkyl halides is 3. The number of methoxy groups -OCH3 is 3. The molecule has 0 bridgehead atoms. The second kappa shape index (κ2) is 11.3. The van der Waals surface area contributed by atoms with Crippen LogP contribution in [0, 0.1) is 0 Å². The first-order chi connectivity index (χ1) is 16.7. The molecule has 2 amide bonds. The van der Waals surface area contributed by atoms with E-state index in [2.05, 4.69) is 5.32 Å². The summed E-state index contributed by atoms with van der Waals surface area (Å²) >= 11 is 0. The molecular weight excluding hydrogens is 467 g/mol. The fourth-order valence-electron chi connectivity index (χ4n) is 3.96. The first-order valence-electron chi connectivity index (χ1n) is 10.9. The summed E-state index contributed by atoms with van der Waals surface area (Å²) in [6.07, 6.45) is -4.47. The molecule has 1 aliphatic heterocycles. The molecule has 3 rings (SSSR count). The normalized spacial score (nSPS) is 14.4. The predicted octanol–water partition coefficient (Wildman–Crippen LogP) is 3.06. The van der Waals surface area contributed by atoms with Gasteiger partial charge in [0, 0.05) is 31.7 Å². The molecule has 2 aromatic carbocycles. The highest BCUT2D eigenvalue weighted by Crippen LogP contribution is 2.40. The van der Waals surface area contributed by atoms with Gasteiger partial charge in [0.2, 0.25) is 17.6 Å². The molecule has 1 N–H and O–H groups in total. The molecule has 8 nitrogen and oxygen atoms in total. The summed E-state index contributed by atoms with van der Waals surface area (Å²) in [5.74, 6) is 0.665. The molecule has 0 atom stereocenters. The van der Waals surface area contributed by atoms with Crippen molar-refractivity contribution in [1.82, 2.24) is 9.80 Å². The monoisotopic (exact) mass is 495 g/mol. The molecule has 0 radical (unpaired) electrons. The van der Waals surface area contributed by atoms with E-state index < -0.39 is 17.6 Å². The Bertz CT molecular complexity index is 1050. The fourth-order valence-corrected chi connectivity index (χ4v) is 3.96. The van der Waals surface area contributed by atoms with Crippen molar-refractivity contribution in [2.45, 2.75) is 12.6 Å².